The van der Waals surface area contributed by atoms with Crippen LogP contribution in [-0.2, 0) is 0 Å². The van der Waals surface area contributed by atoms with Crippen molar-refractivity contribution in [1.82, 2.24) is 4.90 Å². The average Bonchev–Trinajstić information content (AvgIpc) is 2.62. The van der Waals surface area contributed by atoms with Crippen LogP contribution in [-0.4, -0.2) is 23.1 Å². The molecule has 1 amide bonds. The van der Waals surface area contributed by atoms with Crippen molar-refractivity contribution in [2.75, 3.05) is 6.54 Å². The lowest BCUT2D eigenvalue weighted by Crippen LogP contribution is -2.38. The van der Waals surface area contributed by atoms with E-state index in [1.54, 1.807) is 36.4 Å². The van der Waals surface area contributed by atoms with Gasteiger partial charge in [0.2, 0.25) is 0 Å². The first-order chi connectivity index (χ1) is 11.6. The zero-order valence-corrected chi connectivity index (χ0v) is 13.7. The van der Waals surface area contributed by atoms with Crippen LogP contribution in [0.5, 0.6) is 0 Å². The van der Waals surface area contributed by atoms with E-state index in [4.69, 9.17) is 0 Å². The van der Waals surface area contributed by atoms with Crippen LogP contribution >= 0.6 is 0 Å². The van der Waals surface area contributed by atoms with E-state index >= 15 is 0 Å². The van der Waals surface area contributed by atoms with Crippen molar-refractivity contribution >= 4 is 11.7 Å². The highest BCUT2D eigenvalue weighted by Crippen LogP contribution is 2.32. The Morgan fingerprint density at radius 1 is 0.958 bits per heavy atom. The Morgan fingerprint density at radius 3 is 2.21 bits per heavy atom. The first kappa shape index (κ1) is 16.4. The van der Waals surface area contributed by atoms with Crippen LogP contribution in [0.25, 0.3) is 0 Å². The van der Waals surface area contributed by atoms with Crippen LogP contribution in [0.4, 0.5) is 4.39 Å². The number of halogens is 1. The van der Waals surface area contributed by atoms with E-state index in [-0.39, 0.29) is 23.5 Å². The Labute approximate surface area is 141 Å². The molecule has 0 radical (unpaired) electrons. The molecule has 1 aliphatic heterocycles. The summed E-state index contributed by atoms with van der Waals surface area (Å²) >= 11 is 0. The smallest absolute Gasteiger partial charge is 0.254 e. The van der Waals surface area contributed by atoms with Gasteiger partial charge in [-0.05, 0) is 56.0 Å². The van der Waals surface area contributed by atoms with Gasteiger partial charge >= 0.3 is 0 Å². The van der Waals surface area contributed by atoms with Crippen LogP contribution in [0.2, 0.25) is 0 Å². The van der Waals surface area contributed by atoms with Gasteiger partial charge in [0.1, 0.15) is 5.82 Å². The highest BCUT2D eigenvalue weighted by Gasteiger charge is 2.28. The number of Topliss-reactive ketones (excluding diaryl/α,β-unsaturated/α-hetero) is 1. The largest absolute Gasteiger partial charge is 0.332 e. The summed E-state index contributed by atoms with van der Waals surface area (Å²) in [6, 6.07) is 13.1. The minimum Gasteiger partial charge on any atom is -0.332 e. The molecule has 0 spiro atoms. The molecule has 0 aromatic heterocycles. The molecule has 3 nitrogen and oxygen atoms in total. The van der Waals surface area contributed by atoms with Gasteiger partial charge in [0.25, 0.3) is 5.91 Å². The summed E-state index contributed by atoms with van der Waals surface area (Å²) in [4.78, 5) is 26.1. The molecule has 2 aromatic carbocycles. The number of likely N-dealkylation sites (tertiary alicyclic amines) is 1. The Morgan fingerprint density at radius 2 is 1.58 bits per heavy atom. The van der Waals surface area contributed by atoms with Crippen molar-refractivity contribution in [3.05, 3.63) is 71.0 Å². The van der Waals surface area contributed by atoms with Crippen LogP contribution < -0.4 is 0 Å². The Balaban J connectivity index is 1.85. The standard InChI is InChI=1S/C20H20FNO2/c1-14(23)15-5-7-17(8-6-15)20(24)22-13-3-2-4-19(22)16-9-11-18(21)12-10-16/h5-12,19H,2-4,13H2,1H3. The number of piperidine rings is 1. The lowest BCUT2D eigenvalue weighted by Gasteiger charge is -2.36. The number of rotatable bonds is 3. The summed E-state index contributed by atoms with van der Waals surface area (Å²) in [5.74, 6) is -0.331. The zero-order valence-electron chi connectivity index (χ0n) is 13.7. The zero-order chi connectivity index (χ0) is 17.1. The monoisotopic (exact) mass is 325 g/mol. The molecule has 24 heavy (non-hydrogen) atoms. The van der Waals surface area contributed by atoms with E-state index in [0.717, 1.165) is 24.8 Å². The number of hydrogen-bond donors (Lipinski definition) is 0. The summed E-state index contributed by atoms with van der Waals surface area (Å²) in [7, 11) is 0. The van der Waals surface area contributed by atoms with Crippen LogP contribution in [0.3, 0.4) is 0 Å². The summed E-state index contributed by atoms with van der Waals surface area (Å²) < 4.78 is 13.2. The summed E-state index contributed by atoms with van der Waals surface area (Å²) in [5, 5.41) is 0. The Kier molecular flexibility index (Phi) is 4.74. The molecule has 0 N–H and O–H groups in total. The maximum atomic E-state index is 13.2. The predicted octanol–water partition coefficient (Wildman–Crippen LogP) is 4.40. The topological polar surface area (TPSA) is 37.4 Å². The van der Waals surface area contributed by atoms with Gasteiger partial charge in [-0.25, -0.2) is 4.39 Å². The normalized spacial score (nSPS) is 17.6. The molecule has 0 saturated carbocycles. The minimum atomic E-state index is -0.271. The second-order valence-corrected chi connectivity index (χ2v) is 6.20. The van der Waals surface area contributed by atoms with Crippen molar-refractivity contribution < 1.29 is 14.0 Å². The maximum Gasteiger partial charge on any atom is 0.254 e. The van der Waals surface area contributed by atoms with Crippen LogP contribution in [0.15, 0.2) is 48.5 Å². The minimum absolute atomic E-state index is 0.0174. The highest BCUT2D eigenvalue weighted by molar-refractivity contribution is 5.97. The number of carbonyl (C=O) groups is 2. The third-order valence-electron chi connectivity index (χ3n) is 4.56. The maximum absolute atomic E-state index is 13.2. The molecule has 1 aliphatic rings. The van der Waals surface area contributed by atoms with Gasteiger partial charge in [0.05, 0.1) is 6.04 Å². The van der Waals surface area contributed by atoms with E-state index in [0.29, 0.717) is 17.7 Å². The van der Waals surface area contributed by atoms with Crippen molar-refractivity contribution in [2.24, 2.45) is 0 Å². The lowest BCUT2D eigenvalue weighted by atomic mass is 9.94. The van der Waals surface area contributed by atoms with Gasteiger partial charge in [-0.2, -0.15) is 0 Å². The molecular formula is C20H20FNO2. The summed E-state index contributed by atoms with van der Waals surface area (Å²) in [6.07, 6.45) is 2.90. The molecule has 1 atom stereocenters. The predicted molar refractivity (Wildman–Crippen MR) is 90.5 cm³/mol. The van der Waals surface area contributed by atoms with Crippen LogP contribution in [0, 0.1) is 5.82 Å². The number of carbonyl (C=O) groups excluding carboxylic acids is 2. The molecule has 0 bridgehead atoms. The number of hydrogen-bond acceptors (Lipinski definition) is 2. The van der Waals surface area contributed by atoms with Crippen LogP contribution in [0.1, 0.15) is 58.5 Å². The van der Waals surface area contributed by atoms with Gasteiger partial charge < -0.3 is 4.90 Å². The third-order valence-corrected chi connectivity index (χ3v) is 4.56. The lowest BCUT2D eigenvalue weighted by molar-refractivity contribution is 0.0611. The SMILES string of the molecule is CC(=O)c1ccc(C(=O)N2CCCCC2c2ccc(F)cc2)cc1. The Hall–Kier alpha value is -2.49. The molecule has 124 valence electrons. The van der Waals surface area contributed by atoms with Gasteiger partial charge in [-0.1, -0.05) is 24.3 Å². The van der Waals surface area contributed by atoms with Crippen molar-refractivity contribution in [2.45, 2.75) is 32.2 Å². The molecule has 0 aliphatic carbocycles. The Bertz CT molecular complexity index is 737. The molecule has 1 saturated heterocycles. The number of amides is 1. The fraction of sp³-hybridized carbons (Fsp3) is 0.300. The number of benzene rings is 2. The highest BCUT2D eigenvalue weighted by atomic mass is 19.1. The molecule has 1 fully saturated rings. The van der Waals surface area contributed by atoms with E-state index in [2.05, 4.69) is 0 Å². The molecular weight excluding hydrogens is 305 g/mol. The first-order valence-electron chi connectivity index (χ1n) is 8.23. The molecule has 2 aromatic rings. The fourth-order valence-electron chi connectivity index (χ4n) is 3.22. The van der Waals surface area contributed by atoms with Crippen molar-refractivity contribution in [1.29, 1.82) is 0 Å². The van der Waals surface area contributed by atoms with E-state index in [1.807, 2.05) is 4.90 Å². The molecule has 3 rings (SSSR count). The van der Waals surface area contributed by atoms with E-state index in [1.165, 1.54) is 19.1 Å². The van der Waals surface area contributed by atoms with Gasteiger partial charge in [0.15, 0.2) is 5.78 Å². The van der Waals surface area contributed by atoms with Crippen molar-refractivity contribution in [3.63, 3.8) is 0 Å². The quantitative estimate of drug-likeness (QED) is 0.785. The number of nitrogens with zero attached hydrogens (tertiary/aromatic N) is 1. The summed E-state index contributed by atoms with van der Waals surface area (Å²) in [6.45, 7) is 2.20. The molecule has 4 heteroatoms. The van der Waals surface area contributed by atoms with E-state index < -0.39 is 0 Å². The average molecular weight is 325 g/mol. The molecule has 1 heterocycles. The van der Waals surface area contributed by atoms with Crippen molar-refractivity contribution in [3.8, 4) is 0 Å². The summed E-state index contributed by atoms with van der Waals surface area (Å²) in [5.41, 5.74) is 2.14. The second kappa shape index (κ2) is 6.95. The van der Waals surface area contributed by atoms with Gasteiger partial charge in [-0.3, -0.25) is 9.59 Å². The van der Waals surface area contributed by atoms with Gasteiger partial charge in [0, 0.05) is 17.7 Å². The molecule has 1 unspecified atom stereocenters. The van der Waals surface area contributed by atoms with Gasteiger partial charge in [-0.15, -0.1) is 0 Å². The fourth-order valence-corrected chi connectivity index (χ4v) is 3.22. The second-order valence-electron chi connectivity index (χ2n) is 6.20. The number of ketones is 1. The first-order valence-corrected chi connectivity index (χ1v) is 8.23. The van der Waals surface area contributed by atoms with E-state index in [9.17, 15) is 14.0 Å². The third kappa shape index (κ3) is 3.37.